The van der Waals surface area contributed by atoms with Gasteiger partial charge in [0.15, 0.2) is 0 Å². The van der Waals surface area contributed by atoms with E-state index in [1.54, 1.807) is 0 Å². The molecule has 0 amide bonds. The quantitative estimate of drug-likeness (QED) is 0.547. The number of nitrogens with two attached hydrogens (primary N) is 2. The Morgan fingerprint density at radius 3 is 0.611 bits per heavy atom. The van der Waals surface area contributed by atoms with Gasteiger partial charge in [0.2, 0.25) is 0 Å². The molecule has 0 aromatic carbocycles. The van der Waals surface area contributed by atoms with Crippen LogP contribution in [0.3, 0.4) is 0 Å². The zero-order chi connectivity index (χ0) is 14.8. The van der Waals surface area contributed by atoms with Gasteiger partial charge in [-0.25, -0.2) is 0 Å². The molecule has 124 valence electrons. The number of halogens is 2. The number of hydrogen-bond donors (Lipinski definition) is 4. The van der Waals surface area contributed by atoms with Gasteiger partial charge in [-0.05, 0) is 0 Å². The van der Waals surface area contributed by atoms with E-state index in [0.29, 0.717) is 13.1 Å². The Kier molecular flexibility index (Phi) is 561. The van der Waals surface area contributed by atoms with Gasteiger partial charge < -0.3 is 11.5 Å². The Hall–Kier alpha value is 1.20. The van der Waals surface area contributed by atoms with Gasteiger partial charge in [0.1, 0.15) is 0 Å². The highest BCUT2D eigenvalue weighted by molar-refractivity contribution is 7.80. The van der Waals surface area contributed by atoms with Gasteiger partial charge in [-0.2, -0.15) is 25.3 Å². The summed E-state index contributed by atoms with van der Waals surface area (Å²) < 4.78 is 0. The monoisotopic (exact) mass is 346 g/mol. The lowest BCUT2D eigenvalue weighted by atomic mass is 10.8. The van der Waals surface area contributed by atoms with Crippen molar-refractivity contribution in [3.8, 4) is 0 Å². The molecule has 0 spiro atoms. The molecule has 0 unspecified atom stereocenters. The summed E-state index contributed by atoms with van der Waals surface area (Å²) in [6, 6.07) is 0. The number of hydrogen-bond acceptors (Lipinski definition) is 4. The fourth-order valence-corrected chi connectivity index (χ4v) is 0. The molecule has 0 aliphatic carbocycles. The fourth-order valence-electron chi connectivity index (χ4n) is 0. The van der Waals surface area contributed by atoms with Gasteiger partial charge in [0, 0.05) is 24.6 Å². The normalized spacial score (nSPS) is 4.67. The van der Waals surface area contributed by atoms with Gasteiger partial charge in [-0.3, -0.25) is 0 Å². The molecule has 0 heterocycles. The van der Waals surface area contributed by atoms with Crippen molar-refractivity contribution >= 4 is 50.1 Å². The lowest BCUT2D eigenvalue weighted by Gasteiger charge is -1.69. The van der Waals surface area contributed by atoms with Crippen LogP contribution in [0.1, 0.15) is 55.4 Å². The van der Waals surface area contributed by atoms with Crippen molar-refractivity contribution in [3.63, 3.8) is 0 Å². The third-order valence-corrected chi connectivity index (χ3v) is 0.775. The standard InChI is InChI=1S/2C2H7NS.4C2H6.2ClH/c2*3-1-2-4;4*1-2;;/h2*4H,1-3H2;4*1-2H3;2*1H. The highest BCUT2D eigenvalue weighted by atomic mass is 35.5. The van der Waals surface area contributed by atoms with Crippen molar-refractivity contribution in [1.29, 1.82) is 0 Å². The lowest BCUT2D eigenvalue weighted by Crippen LogP contribution is -1.97. The van der Waals surface area contributed by atoms with Crippen LogP contribution in [0.5, 0.6) is 0 Å². The SMILES string of the molecule is CC.CC.CC.CC.Cl.Cl.NCCS.NCCS. The van der Waals surface area contributed by atoms with Crippen LogP contribution < -0.4 is 11.5 Å². The first kappa shape index (κ1) is 50.7. The maximum absolute atomic E-state index is 4.95. The van der Waals surface area contributed by atoms with E-state index in [1.807, 2.05) is 55.4 Å². The van der Waals surface area contributed by atoms with Crippen LogP contribution in [-0.4, -0.2) is 24.6 Å². The van der Waals surface area contributed by atoms with Crippen LogP contribution >= 0.6 is 50.1 Å². The van der Waals surface area contributed by atoms with Crippen LogP contribution in [0, 0.1) is 0 Å². The van der Waals surface area contributed by atoms with Gasteiger partial charge in [-0.15, -0.1) is 24.8 Å². The Bertz CT molecular complexity index is 34.0. The third-order valence-electron chi connectivity index (χ3n) is 0.258. The van der Waals surface area contributed by atoms with E-state index < -0.39 is 0 Å². The lowest BCUT2D eigenvalue weighted by molar-refractivity contribution is 1.16. The molecule has 2 nitrogen and oxygen atoms in total. The summed E-state index contributed by atoms with van der Waals surface area (Å²) >= 11 is 7.59. The van der Waals surface area contributed by atoms with E-state index in [1.165, 1.54) is 0 Å². The molecule has 18 heavy (non-hydrogen) atoms. The van der Waals surface area contributed by atoms with E-state index in [2.05, 4.69) is 25.3 Å². The predicted molar refractivity (Wildman–Crippen MR) is 106 cm³/mol. The van der Waals surface area contributed by atoms with Gasteiger partial charge >= 0.3 is 0 Å². The number of rotatable bonds is 2. The molecule has 0 aromatic rings. The fraction of sp³-hybridized carbons (Fsp3) is 1.00. The smallest absolute Gasteiger partial charge is 0.00255 e. The molecule has 0 atom stereocenters. The first-order valence-corrected chi connectivity index (χ1v) is 7.71. The molecule has 0 fully saturated rings. The Labute approximate surface area is 141 Å². The minimum Gasteiger partial charge on any atom is -0.330 e. The zero-order valence-corrected chi connectivity index (χ0v) is 17.1. The third kappa shape index (κ3) is 441. The molecule has 0 aliphatic rings. The van der Waals surface area contributed by atoms with E-state index in [9.17, 15) is 0 Å². The van der Waals surface area contributed by atoms with Crippen LogP contribution in [0.4, 0.5) is 0 Å². The van der Waals surface area contributed by atoms with Crippen LogP contribution in [0.25, 0.3) is 0 Å². The van der Waals surface area contributed by atoms with Crippen molar-refractivity contribution < 1.29 is 0 Å². The summed E-state index contributed by atoms with van der Waals surface area (Å²) in [6.45, 7) is 17.4. The first-order valence-electron chi connectivity index (χ1n) is 6.45. The summed E-state index contributed by atoms with van der Waals surface area (Å²) in [4.78, 5) is 0. The molecular formula is C12H40Cl2N2S2. The second-order valence-corrected chi connectivity index (χ2v) is 1.92. The maximum atomic E-state index is 4.95. The molecule has 6 heteroatoms. The minimum atomic E-state index is 0. The first-order chi connectivity index (χ1) is 7.83. The Morgan fingerprint density at radius 1 is 0.556 bits per heavy atom. The molecular weight excluding hydrogens is 307 g/mol. The second kappa shape index (κ2) is 199. The molecule has 4 N–H and O–H groups in total. The second-order valence-electron chi connectivity index (χ2n) is 1.02. The average Bonchev–Trinajstić information content (AvgIpc) is 2.47. The summed E-state index contributed by atoms with van der Waals surface area (Å²) in [5.41, 5.74) is 9.90. The topological polar surface area (TPSA) is 52.0 Å². The molecule has 0 radical (unpaired) electrons. The van der Waals surface area contributed by atoms with E-state index in [4.69, 9.17) is 11.5 Å². The molecule has 0 aromatic heterocycles. The van der Waals surface area contributed by atoms with Crippen molar-refractivity contribution in [2.75, 3.05) is 24.6 Å². The van der Waals surface area contributed by atoms with Crippen LogP contribution in [0.2, 0.25) is 0 Å². The average molecular weight is 348 g/mol. The highest BCUT2D eigenvalue weighted by Gasteiger charge is 1.56. The van der Waals surface area contributed by atoms with Gasteiger partial charge in [0.05, 0.1) is 0 Å². The Morgan fingerprint density at radius 2 is 0.611 bits per heavy atom. The summed E-state index contributed by atoms with van der Waals surface area (Å²) in [5, 5.41) is 0. The van der Waals surface area contributed by atoms with Crippen molar-refractivity contribution in [2.45, 2.75) is 55.4 Å². The molecule has 0 saturated carbocycles. The van der Waals surface area contributed by atoms with E-state index >= 15 is 0 Å². The molecule has 0 saturated heterocycles. The number of thiol groups is 2. The minimum absolute atomic E-state index is 0. The van der Waals surface area contributed by atoms with Crippen molar-refractivity contribution in [2.24, 2.45) is 11.5 Å². The summed E-state index contributed by atoms with van der Waals surface area (Å²) in [7, 11) is 0. The summed E-state index contributed by atoms with van der Waals surface area (Å²) in [6.07, 6.45) is 0. The van der Waals surface area contributed by atoms with Crippen molar-refractivity contribution in [3.05, 3.63) is 0 Å². The predicted octanol–water partition coefficient (Wildman–Crippen LogP) is 4.70. The van der Waals surface area contributed by atoms with Crippen LogP contribution in [0.15, 0.2) is 0 Å². The van der Waals surface area contributed by atoms with Gasteiger partial charge in [-0.1, -0.05) is 55.4 Å². The molecule has 0 rings (SSSR count). The van der Waals surface area contributed by atoms with Crippen molar-refractivity contribution in [1.82, 2.24) is 0 Å². The van der Waals surface area contributed by atoms with Crippen LogP contribution in [-0.2, 0) is 0 Å². The van der Waals surface area contributed by atoms with Gasteiger partial charge in [0.25, 0.3) is 0 Å². The maximum Gasteiger partial charge on any atom is 0.00255 e. The zero-order valence-electron chi connectivity index (χ0n) is 13.7. The molecule has 0 bridgehead atoms. The summed E-state index contributed by atoms with van der Waals surface area (Å²) in [5.74, 6) is 1.58. The molecule has 0 aliphatic heterocycles. The Balaban J connectivity index is -0.0000000113. The van der Waals surface area contributed by atoms with E-state index in [-0.39, 0.29) is 24.8 Å². The highest BCUT2D eigenvalue weighted by Crippen LogP contribution is 1.59. The van der Waals surface area contributed by atoms with E-state index in [0.717, 1.165) is 11.5 Å². The largest absolute Gasteiger partial charge is 0.330 e.